The number of halogens is 2. The summed E-state index contributed by atoms with van der Waals surface area (Å²) in [6, 6.07) is -0.162. The van der Waals surface area contributed by atoms with Gasteiger partial charge in [0.2, 0.25) is 20.9 Å². The van der Waals surface area contributed by atoms with Crippen LogP contribution in [0.1, 0.15) is 20.8 Å². The topological polar surface area (TPSA) is 85.3 Å². The number of sulfone groups is 1. The number of aromatic nitrogens is 3. The van der Waals surface area contributed by atoms with Crippen molar-refractivity contribution in [2.45, 2.75) is 38.0 Å². The first kappa shape index (κ1) is 17.1. The first-order chi connectivity index (χ1) is 11.1. The molecule has 2 aromatic rings. The zero-order valence-electron chi connectivity index (χ0n) is 13.5. The minimum atomic E-state index is -3.74. The van der Waals surface area contributed by atoms with E-state index in [0.29, 0.717) is 0 Å². The predicted molar refractivity (Wildman–Crippen MR) is 88.0 cm³/mol. The molecule has 3 heterocycles. The van der Waals surface area contributed by atoms with Crippen LogP contribution < -0.4 is 9.64 Å². The molecule has 0 saturated carbocycles. The lowest BCUT2D eigenvalue weighted by Crippen LogP contribution is -2.42. The lowest BCUT2D eigenvalue weighted by molar-refractivity contribution is 0.282. The monoisotopic (exact) mass is 374 g/mol. The SMILES string of the molecule is CC(C)N1c2nc(S(C)(=O)=O)nc3c(F)c(Cl)nc(c23)OC[C@@H]1C. The number of anilines is 1. The van der Waals surface area contributed by atoms with E-state index >= 15 is 0 Å². The van der Waals surface area contributed by atoms with E-state index in [0.717, 1.165) is 6.26 Å². The molecule has 3 rings (SSSR count). The third-order valence-corrected chi connectivity index (χ3v) is 4.84. The van der Waals surface area contributed by atoms with Gasteiger partial charge in [0.25, 0.3) is 0 Å². The maximum absolute atomic E-state index is 14.5. The first-order valence-corrected chi connectivity index (χ1v) is 9.56. The number of hydrogen-bond acceptors (Lipinski definition) is 7. The molecule has 1 atom stereocenters. The highest BCUT2D eigenvalue weighted by atomic mass is 35.5. The third-order valence-electron chi connectivity index (χ3n) is 3.74. The molecule has 130 valence electrons. The van der Waals surface area contributed by atoms with Crippen LogP contribution in [0.5, 0.6) is 5.88 Å². The molecular formula is C14H16ClFN4O3S. The number of pyridine rings is 1. The Bertz CT molecular complexity index is 935. The Balaban J connectivity index is 2.50. The average molecular weight is 375 g/mol. The van der Waals surface area contributed by atoms with E-state index in [2.05, 4.69) is 15.0 Å². The molecule has 0 amide bonds. The quantitative estimate of drug-likeness (QED) is 0.588. The van der Waals surface area contributed by atoms with Gasteiger partial charge >= 0.3 is 0 Å². The van der Waals surface area contributed by atoms with Crippen LogP contribution in [0.2, 0.25) is 5.15 Å². The molecule has 0 unspecified atom stereocenters. The van der Waals surface area contributed by atoms with Crippen LogP contribution in [-0.4, -0.2) is 48.3 Å². The fourth-order valence-corrected chi connectivity index (χ4v) is 3.45. The van der Waals surface area contributed by atoms with Gasteiger partial charge in [0.05, 0.1) is 6.04 Å². The molecule has 1 aliphatic rings. The summed E-state index contributed by atoms with van der Waals surface area (Å²) in [6.45, 7) is 6.02. The molecule has 0 bridgehead atoms. The van der Waals surface area contributed by atoms with Crippen molar-refractivity contribution < 1.29 is 17.5 Å². The van der Waals surface area contributed by atoms with Crippen LogP contribution in [0, 0.1) is 5.82 Å². The summed E-state index contributed by atoms with van der Waals surface area (Å²) in [7, 11) is -3.74. The summed E-state index contributed by atoms with van der Waals surface area (Å²) in [5, 5.41) is -0.661. The molecular weight excluding hydrogens is 359 g/mol. The summed E-state index contributed by atoms with van der Waals surface area (Å²) in [4.78, 5) is 13.8. The van der Waals surface area contributed by atoms with E-state index in [1.54, 1.807) is 0 Å². The minimum Gasteiger partial charge on any atom is -0.475 e. The summed E-state index contributed by atoms with van der Waals surface area (Å²) in [5.74, 6) is -0.522. The molecule has 24 heavy (non-hydrogen) atoms. The zero-order valence-corrected chi connectivity index (χ0v) is 15.1. The van der Waals surface area contributed by atoms with Gasteiger partial charge in [-0.3, -0.25) is 0 Å². The summed E-state index contributed by atoms with van der Waals surface area (Å²) in [5.41, 5.74) is -0.213. The Morgan fingerprint density at radius 1 is 1.33 bits per heavy atom. The normalized spacial score (nSPS) is 18.0. The van der Waals surface area contributed by atoms with Crippen LogP contribution in [0.25, 0.3) is 10.9 Å². The van der Waals surface area contributed by atoms with Crippen LogP contribution in [0.3, 0.4) is 0 Å². The van der Waals surface area contributed by atoms with E-state index in [1.165, 1.54) is 0 Å². The number of nitrogens with zero attached hydrogens (tertiary/aromatic N) is 4. The van der Waals surface area contributed by atoms with Crippen LogP contribution >= 0.6 is 11.6 Å². The molecule has 10 heteroatoms. The Hall–Kier alpha value is -1.74. The smallest absolute Gasteiger partial charge is 0.249 e. The maximum atomic E-state index is 14.5. The van der Waals surface area contributed by atoms with Gasteiger partial charge in [-0.2, -0.15) is 4.98 Å². The van der Waals surface area contributed by atoms with E-state index in [4.69, 9.17) is 16.3 Å². The second-order valence-electron chi connectivity index (χ2n) is 6.01. The molecule has 0 N–H and O–H groups in total. The fourth-order valence-electron chi connectivity index (χ4n) is 2.78. The van der Waals surface area contributed by atoms with Crippen molar-refractivity contribution in [1.29, 1.82) is 0 Å². The van der Waals surface area contributed by atoms with E-state index < -0.39 is 26.0 Å². The highest BCUT2D eigenvalue weighted by Crippen LogP contribution is 2.39. The Kier molecular flexibility index (Phi) is 4.03. The maximum Gasteiger partial charge on any atom is 0.249 e. The van der Waals surface area contributed by atoms with Gasteiger partial charge in [0.15, 0.2) is 11.0 Å². The molecule has 1 aliphatic heterocycles. The van der Waals surface area contributed by atoms with Crippen molar-refractivity contribution in [3.63, 3.8) is 0 Å². The van der Waals surface area contributed by atoms with Crippen molar-refractivity contribution in [2.75, 3.05) is 17.8 Å². The number of hydrogen-bond donors (Lipinski definition) is 0. The lowest BCUT2D eigenvalue weighted by atomic mass is 10.2. The van der Waals surface area contributed by atoms with Crippen molar-refractivity contribution in [3.8, 4) is 5.88 Å². The molecule has 7 nitrogen and oxygen atoms in total. The third kappa shape index (κ3) is 2.65. The summed E-state index contributed by atoms with van der Waals surface area (Å²) >= 11 is 5.81. The number of ether oxygens (including phenoxy) is 1. The van der Waals surface area contributed by atoms with E-state index in [1.807, 2.05) is 25.7 Å². The molecule has 0 aromatic carbocycles. The molecule has 2 aromatic heterocycles. The Morgan fingerprint density at radius 2 is 2.00 bits per heavy atom. The largest absolute Gasteiger partial charge is 0.475 e. The van der Waals surface area contributed by atoms with Crippen molar-refractivity contribution in [1.82, 2.24) is 15.0 Å². The average Bonchev–Trinajstić information content (AvgIpc) is 2.61. The fraction of sp³-hybridized carbons (Fsp3) is 0.500. The molecule has 0 aliphatic carbocycles. The molecule has 0 radical (unpaired) electrons. The molecule has 0 saturated heterocycles. The van der Waals surface area contributed by atoms with Gasteiger partial charge < -0.3 is 9.64 Å². The second kappa shape index (κ2) is 5.66. The Morgan fingerprint density at radius 3 is 2.58 bits per heavy atom. The van der Waals surface area contributed by atoms with Gasteiger partial charge in [0.1, 0.15) is 23.3 Å². The van der Waals surface area contributed by atoms with Crippen LogP contribution in [0.4, 0.5) is 10.2 Å². The highest BCUT2D eigenvalue weighted by molar-refractivity contribution is 7.90. The first-order valence-electron chi connectivity index (χ1n) is 7.29. The summed E-state index contributed by atoms with van der Waals surface area (Å²) < 4.78 is 44.0. The molecule has 0 fully saturated rings. The van der Waals surface area contributed by atoms with Crippen molar-refractivity contribution >= 4 is 38.2 Å². The predicted octanol–water partition coefficient (Wildman–Crippen LogP) is 2.22. The van der Waals surface area contributed by atoms with Crippen molar-refractivity contribution in [2.24, 2.45) is 0 Å². The minimum absolute atomic E-state index is 0.0289. The van der Waals surface area contributed by atoms with Gasteiger partial charge in [-0.05, 0) is 20.8 Å². The van der Waals surface area contributed by atoms with Gasteiger partial charge in [-0.15, -0.1) is 0 Å². The van der Waals surface area contributed by atoms with Gasteiger partial charge in [-0.1, -0.05) is 11.6 Å². The van der Waals surface area contributed by atoms with Crippen LogP contribution in [-0.2, 0) is 9.84 Å². The van der Waals surface area contributed by atoms with Gasteiger partial charge in [0, 0.05) is 12.3 Å². The standard InChI is InChI=1S/C14H16ClFN4O3S/c1-6(2)20-7(3)5-23-13-8-10(9(16)11(15)18-13)17-14(19-12(8)20)24(4,21)22/h6-7H,5H2,1-4H3/t7-/m0/s1. The Labute approximate surface area is 143 Å². The lowest BCUT2D eigenvalue weighted by Gasteiger charge is -2.32. The summed E-state index contributed by atoms with van der Waals surface area (Å²) in [6.07, 6.45) is 0.971. The second-order valence-corrected chi connectivity index (χ2v) is 8.28. The van der Waals surface area contributed by atoms with Gasteiger partial charge in [-0.25, -0.2) is 22.8 Å². The number of rotatable bonds is 2. The highest BCUT2D eigenvalue weighted by Gasteiger charge is 2.32. The van der Waals surface area contributed by atoms with E-state index in [9.17, 15) is 12.8 Å². The van der Waals surface area contributed by atoms with E-state index in [-0.39, 0.29) is 41.3 Å². The molecule has 0 spiro atoms. The zero-order chi connectivity index (χ0) is 17.8. The van der Waals surface area contributed by atoms with Crippen LogP contribution in [0.15, 0.2) is 5.16 Å². The van der Waals surface area contributed by atoms with Crippen molar-refractivity contribution in [3.05, 3.63) is 11.0 Å².